The number of hydrogen-bond donors (Lipinski definition) is 0. The standard InChI is InChI=1S/C9H6BrF2N3/c10-9-7(11)4-6(5-8(9)12)2-1-3-14-15-13/h1-2,4-5H,3H2. The number of hydrogen-bond acceptors (Lipinski definition) is 1. The van der Waals surface area contributed by atoms with Crippen LogP contribution in [-0.2, 0) is 0 Å². The number of halogens is 3. The van der Waals surface area contributed by atoms with Gasteiger partial charge >= 0.3 is 0 Å². The molecule has 1 aromatic carbocycles. The Morgan fingerprint density at radius 3 is 2.53 bits per heavy atom. The van der Waals surface area contributed by atoms with Crippen LogP contribution in [0.1, 0.15) is 5.56 Å². The summed E-state index contributed by atoms with van der Waals surface area (Å²) in [6, 6.07) is 2.36. The smallest absolute Gasteiger partial charge is 0.140 e. The molecule has 0 saturated heterocycles. The van der Waals surface area contributed by atoms with Crippen molar-refractivity contribution in [3.63, 3.8) is 0 Å². The zero-order chi connectivity index (χ0) is 11.3. The van der Waals surface area contributed by atoms with Crippen molar-refractivity contribution >= 4 is 22.0 Å². The van der Waals surface area contributed by atoms with Crippen LogP contribution in [0.4, 0.5) is 8.78 Å². The minimum atomic E-state index is -0.668. The van der Waals surface area contributed by atoms with Crippen LogP contribution in [-0.4, -0.2) is 6.54 Å². The summed E-state index contributed by atoms with van der Waals surface area (Å²) in [7, 11) is 0. The molecular formula is C9H6BrF2N3. The summed E-state index contributed by atoms with van der Waals surface area (Å²) in [6.45, 7) is 0.149. The third kappa shape index (κ3) is 3.34. The Morgan fingerprint density at radius 2 is 2.00 bits per heavy atom. The van der Waals surface area contributed by atoms with Gasteiger partial charge in [-0.2, -0.15) is 0 Å². The van der Waals surface area contributed by atoms with Gasteiger partial charge in [-0.05, 0) is 39.2 Å². The first-order chi connectivity index (χ1) is 7.15. The Kier molecular flexibility index (Phi) is 4.27. The average molecular weight is 274 g/mol. The highest BCUT2D eigenvalue weighted by Crippen LogP contribution is 2.21. The molecule has 6 heteroatoms. The summed E-state index contributed by atoms with van der Waals surface area (Å²) in [5.74, 6) is -1.34. The van der Waals surface area contributed by atoms with Crippen molar-refractivity contribution in [3.8, 4) is 0 Å². The molecule has 0 N–H and O–H groups in total. The van der Waals surface area contributed by atoms with E-state index >= 15 is 0 Å². The molecule has 0 saturated carbocycles. The highest BCUT2D eigenvalue weighted by atomic mass is 79.9. The van der Waals surface area contributed by atoms with Crippen LogP contribution in [0.3, 0.4) is 0 Å². The van der Waals surface area contributed by atoms with E-state index in [0.717, 1.165) is 0 Å². The van der Waals surface area contributed by atoms with Gasteiger partial charge in [-0.3, -0.25) is 0 Å². The first-order valence-corrected chi connectivity index (χ1v) is 4.76. The molecule has 0 aliphatic carbocycles. The van der Waals surface area contributed by atoms with Crippen LogP contribution in [0, 0.1) is 11.6 Å². The predicted octanol–water partition coefficient (Wildman–Crippen LogP) is 4.05. The third-order valence-corrected chi connectivity index (χ3v) is 2.32. The summed E-state index contributed by atoms with van der Waals surface area (Å²) in [6.07, 6.45) is 3.00. The van der Waals surface area contributed by atoms with Crippen LogP contribution in [0.2, 0.25) is 0 Å². The fraction of sp³-hybridized carbons (Fsp3) is 0.111. The maximum absolute atomic E-state index is 13.0. The van der Waals surface area contributed by atoms with E-state index < -0.39 is 11.6 Å². The molecule has 0 radical (unpaired) electrons. The molecule has 0 heterocycles. The molecule has 0 atom stereocenters. The van der Waals surface area contributed by atoms with Crippen molar-refractivity contribution in [2.45, 2.75) is 0 Å². The zero-order valence-corrected chi connectivity index (χ0v) is 9.08. The molecule has 1 aromatic rings. The minimum absolute atomic E-state index is 0.149. The second-order valence-electron chi connectivity index (χ2n) is 2.61. The van der Waals surface area contributed by atoms with E-state index in [0.29, 0.717) is 5.56 Å². The molecule has 3 nitrogen and oxygen atoms in total. The van der Waals surface area contributed by atoms with Crippen LogP contribution < -0.4 is 0 Å². The lowest BCUT2D eigenvalue weighted by atomic mass is 10.2. The Hall–Kier alpha value is -1.39. The van der Waals surface area contributed by atoms with Crippen molar-refractivity contribution in [1.29, 1.82) is 0 Å². The molecular weight excluding hydrogens is 268 g/mol. The number of azide groups is 1. The second kappa shape index (κ2) is 5.48. The largest absolute Gasteiger partial charge is 0.206 e. The Labute approximate surface area is 93.2 Å². The van der Waals surface area contributed by atoms with E-state index in [1.165, 1.54) is 24.3 Å². The second-order valence-corrected chi connectivity index (χ2v) is 3.41. The maximum Gasteiger partial charge on any atom is 0.140 e. The van der Waals surface area contributed by atoms with E-state index in [2.05, 4.69) is 26.0 Å². The van der Waals surface area contributed by atoms with Crippen molar-refractivity contribution in [3.05, 3.63) is 50.3 Å². The van der Waals surface area contributed by atoms with Gasteiger partial charge < -0.3 is 0 Å². The minimum Gasteiger partial charge on any atom is -0.206 e. The van der Waals surface area contributed by atoms with Gasteiger partial charge in [0.15, 0.2) is 0 Å². The van der Waals surface area contributed by atoms with Crippen LogP contribution in [0.25, 0.3) is 16.5 Å². The molecule has 15 heavy (non-hydrogen) atoms. The first kappa shape index (κ1) is 11.7. The Morgan fingerprint density at radius 1 is 1.40 bits per heavy atom. The molecule has 0 unspecified atom stereocenters. The van der Waals surface area contributed by atoms with Gasteiger partial charge in [-0.25, -0.2) is 8.78 Å². The van der Waals surface area contributed by atoms with Crippen LogP contribution in [0.5, 0.6) is 0 Å². The molecule has 0 aromatic heterocycles. The number of nitrogens with zero attached hydrogens (tertiary/aromatic N) is 3. The van der Waals surface area contributed by atoms with Gasteiger partial charge in [0.25, 0.3) is 0 Å². The van der Waals surface area contributed by atoms with E-state index in [9.17, 15) is 8.78 Å². The SMILES string of the molecule is [N-]=[N+]=NCC=Cc1cc(F)c(Br)c(F)c1. The van der Waals surface area contributed by atoms with Crippen molar-refractivity contribution in [2.75, 3.05) is 6.54 Å². The van der Waals surface area contributed by atoms with Gasteiger partial charge in [-0.15, -0.1) is 0 Å². The van der Waals surface area contributed by atoms with Crippen molar-refractivity contribution in [2.24, 2.45) is 5.11 Å². The summed E-state index contributed by atoms with van der Waals surface area (Å²) >= 11 is 2.77. The van der Waals surface area contributed by atoms with E-state index in [4.69, 9.17) is 5.53 Å². The lowest BCUT2D eigenvalue weighted by molar-refractivity contribution is 0.571. The summed E-state index contributed by atoms with van der Waals surface area (Å²) < 4.78 is 25.8. The normalized spacial score (nSPS) is 10.3. The monoisotopic (exact) mass is 273 g/mol. The molecule has 0 aliphatic rings. The van der Waals surface area contributed by atoms with Crippen LogP contribution in [0.15, 0.2) is 27.8 Å². The molecule has 1 rings (SSSR count). The summed E-state index contributed by atoms with van der Waals surface area (Å²) in [5.41, 5.74) is 8.36. The highest BCUT2D eigenvalue weighted by Gasteiger charge is 2.06. The lowest BCUT2D eigenvalue weighted by Crippen LogP contribution is -1.86. The molecule has 0 aliphatic heterocycles. The van der Waals surface area contributed by atoms with E-state index in [-0.39, 0.29) is 11.0 Å². The van der Waals surface area contributed by atoms with Crippen molar-refractivity contribution in [1.82, 2.24) is 0 Å². The Bertz CT molecular complexity index is 416. The highest BCUT2D eigenvalue weighted by molar-refractivity contribution is 9.10. The molecule has 78 valence electrons. The van der Waals surface area contributed by atoms with Gasteiger partial charge in [0, 0.05) is 11.5 Å². The first-order valence-electron chi connectivity index (χ1n) is 3.97. The quantitative estimate of drug-likeness (QED) is 0.345. The van der Waals surface area contributed by atoms with Gasteiger partial charge in [0.2, 0.25) is 0 Å². The van der Waals surface area contributed by atoms with Crippen LogP contribution >= 0.6 is 15.9 Å². The molecule has 0 spiro atoms. The van der Waals surface area contributed by atoms with Gasteiger partial charge in [0.05, 0.1) is 4.47 Å². The molecule has 0 amide bonds. The summed E-state index contributed by atoms with van der Waals surface area (Å²) in [5, 5.41) is 3.25. The van der Waals surface area contributed by atoms with Gasteiger partial charge in [0.1, 0.15) is 11.6 Å². The molecule has 0 bridgehead atoms. The van der Waals surface area contributed by atoms with E-state index in [1.807, 2.05) is 0 Å². The third-order valence-electron chi connectivity index (χ3n) is 1.57. The lowest BCUT2D eigenvalue weighted by Gasteiger charge is -1.98. The summed E-state index contributed by atoms with van der Waals surface area (Å²) in [4.78, 5) is 2.53. The fourth-order valence-electron chi connectivity index (χ4n) is 0.944. The zero-order valence-electron chi connectivity index (χ0n) is 7.49. The van der Waals surface area contributed by atoms with E-state index in [1.54, 1.807) is 0 Å². The maximum atomic E-state index is 13.0. The average Bonchev–Trinajstić information content (AvgIpc) is 2.21. The topological polar surface area (TPSA) is 48.8 Å². The Balaban J connectivity index is 2.87. The van der Waals surface area contributed by atoms with Crippen molar-refractivity contribution < 1.29 is 8.78 Å². The number of rotatable bonds is 3. The predicted molar refractivity (Wildman–Crippen MR) is 57.1 cm³/mol. The molecule has 0 fully saturated rings. The fourth-order valence-corrected chi connectivity index (χ4v) is 1.17. The van der Waals surface area contributed by atoms with Gasteiger partial charge in [-0.1, -0.05) is 17.3 Å². The number of benzene rings is 1.